The van der Waals surface area contributed by atoms with Crippen molar-refractivity contribution in [2.24, 2.45) is 0 Å². The van der Waals surface area contributed by atoms with Crippen LogP contribution in [0.15, 0.2) is 48.5 Å². The van der Waals surface area contributed by atoms with Crippen LogP contribution in [0.3, 0.4) is 0 Å². The minimum Gasteiger partial charge on any atom is -0.378 e. The van der Waals surface area contributed by atoms with Crippen LogP contribution in [-0.2, 0) is 9.53 Å². The summed E-state index contributed by atoms with van der Waals surface area (Å²) in [5, 5.41) is 0. The third-order valence-electron chi connectivity index (χ3n) is 5.84. The first-order valence-corrected chi connectivity index (χ1v) is 10.9. The highest BCUT2D eigenvalue weighted by atomic mass is 32.1. The van der Waals surface area contributed by atoms with Gasteiger partial charge in [-0.05, 0) is 24.6 Å². The minimum absolute atomic E-state index is 0.104. The molecule has 154 valence electrons. The van der Waals surface area contributed by atoms with Crippen LogP contribution in [0, 0.1) is 6.92 Å². The summed E-state index contributed by atoms with van der Waals surface area (Å²) >= 11 is 4.21. The van der Waals surface area contributed by atoms with Crippen molar-refractivity contribution in [2.75, 3.05) is 61.5 Å². The lowest BCUT2D eigenvalue weighted by Gasteiger charge is -2.44. The Bertz CT molecular complexity index is 854. The number of aryl methyl sites for hydroxylation is 1. The van der Waals surface area contributed by atoms with Gasteiger partial charge in [-0.15, -0.1) is 0 Å². The Balaban J connectivity index is 1.70. The molecule has 1 atom stereocenters. The van der Waals surface area contributed by atoms with E-state index in [4.69, 9.17) is 4.74 Å². The van der Waals surface area contributed by atoms with Crippen LogP contribution in [0.1, 0.15) is 17.2 Å². The number of rotatable bonds is 4. The van der Waals surface area contributed by atoms with Crippen LogP contribution in [0.2, 0.25) is 0 Å². The molecule has 0 saturated carbocycles. The molecule has 0 N–H and O–H groups in total. The molecule has 2 aliphatic heterocycles. The maximum Gasteiger partial charge on any atom is 0.232 e. The Labute approximate surface area is 178 Å². The lowest BCUT2D eigenvalue weighted by atomic mass is 9.99. The zero-order valence-electron chi connectivity index (χ0n) is 17.0. The van der Waals surface area contributed by atoms with E-state index in [2.05, 4.69) is 77.9 Å². The summed E-state index contributed by atoms with van der Waals surface area (Å²) in [6.07, 6.45) is 0. The number of para-hydroxylation sites is 2. The molecule has 2 heterocycles. The van der Waals surface area contributed by atoms with Crippen LogP contribution in [0.5, 0.6) is 0 Å². The fraction of sp³-hybridized carbons (Fsp3) is 0.435. The Morgan fingerprint density at radius 1 is 1.03 bits per heavy atom. The highest BCUT2D eigenvalue weighted by Crippen LogP contribution is 2.37. The number of piperazine rings is 1. The van der Waals surface area contributed by atoms with Crippen molar-refractivity contribution in [3.63, 3.8) is 0 Å². The van der Waals surface area contributed by atoms with Gasteiger partial charge in [0, 0.05) is 32.7 Å². The highest BCUT2D eigenvalue weighted by molar-refractivity contribution is 7.81. The predicted octanol–water partition coefficient (Wildman–Crippen LogP) is 3.15. The maximum absolute atomic E-state index is 12.4. The van der Waals surface area contributed by atoms with E-state index in [1.165, 1.54) is 22.5 Å². The summed E-state index contributed by atoms with van der Waals surface area (Å²) in [5.41, 5.74) is 4.97. The van der Waals surface area contributed by atoms with Crippen molar-refractivity contribution in [2.45, 2.75) is 13.0 Å². The van der Waals surface area contributed by atoms with Gasteiger partial charge in [-0.1, -0.05) is 42.0 Å². The molecule has 1 unspecified atom stereocenters. The number of hydrogen-bond acceptors (Lipinski definition) is 5. The summed E-state index contributed by atoms with van der Waals surface area (Å²) in [6.45, 7) is 7.67. The summed E-state index contributed by atoms with van der Waals surface area (Å²) in [4.78, 5) is 19.2. The maximum atomic E-state index is 12.4. The van der Waals surface area contributed by atoms with Crippen molar-refractivity contribution in [1.82, 2.24) is 4.90 Å². The Hall–Kier alpha value is -2.18. The number of carbonyl (C=O) groups excluding carboxylic acids is 1. The van der Waals surface area contributed by atoms with E-state index >= 15 is 0 Å². The molecule has 2 aliphatic rings. The molecule has 0 radical (unpaired) electrons. The number of benzene rings is 2. The van der Waals surface area contributed by atoms with Gasteiger partial charge in [-0.2, -0.15) is 12.6 Å². The Kier molecular flexibility index (Phi) is 6.31. The summed E-state index contributed by atoms with van der Waals surface area (Å²) in [5.74, 6) is 0.359. The van der Waals surface area contributed by atoms with E-state index in [0.717, 1.165) is 39.4 Å². The zero-order valence-corrected chi connectivity index (χ0v) is 17.9. The third-order valence-corrected chi connectivity index (χ3v) is 6.11. The molecular formula is C23H29N3O2S. The van der Waals surface area contributed by atoms with Crippen molar-refractivity contribution in [1.29, 1.82) is 0 Å². The first-order chi connectivity index (χ1) is 14.2. The number of morpholine rings is 1. The van der Waals surface area contributed by atoms with Crippen molar-refractivity contribution in [3.05, 3.63) is 59.7 Å². The van der Waals surface area contributed by atoms with Gasteiger partial charge >= 0.3 is 0 Å². The smallest absolute Gasteiger partial charge is 0.232 e. The molecule has 5 nitrogen and oxygen atoms in total. The molecule has 2 aromatic carbocycles. The Morgan fingerprint density at radius 2 is 1.79 bits per heavy atom. The van der Waals surface area contributed by atoms with Gasteiger partial charge in [0.2, 0.25) is 5.91 Å². The molecule has 2 saturated heterocycles. The minimum atomic E-state index is 0.104. The van der Waals surface area contributed by atoms with E-state index in [9.17, 15) is 4.79 Å². The van der Waals surface area contributed by atoms with Crippen LogP contribution in [-0.4, -0.2) is 62.5 Å². The van der Waals surface area contributed by atoms with Crippen LogP contribution < -0.4 is 9.80 Å². The van der Waals surface area contributed by atoms with Crippen LogP contribution in [0.4, 0.5) is 11.4 Å². The number of ether oxygens (including phenoxy) is 1. The molecular weight excluding hydrogens is 382 g/mol. The second kappa shape index (κ2) is 9.09. The number of amides is 1. The topological polar surface area (TPSA) is 36.0 Å². The quantitative estimate of drug-likeness (QED) is 0.784. The summed E-state index contributed by atoms with van der Waals surface area (Å²) < 4.78 is 5.56. The zero-order chi connectivity index (χ0) is 20.2. The van der Waals surface area contributed by atoms with Crippen LogP contribution >= 0.6 is 12.6 Å². The van der Waals surface area contributed by atoms with E-state index < -0.39 is 0 Å². The molecule has 1 amide bonds. The Morgan fingerprint density at radius 3 is 2.52 bits per heavy atom. The molecule has 0 aliphatic carbocycles. The molecule has 0 bridgehead atoms. The van der Waals surface area contributed by atoms with Crippen molar-refractivity contribution < 1.29 is 9.53 Å². The van der Waals surface area contributed by atoms with Gasteiger partial charge in [0.15, 0.2) is 0 Å². The fourth-order valence-electron chi connectivity index (χ4n) is 4.34. The van der Waals surface area contributed by atoms with Crippen molar-refractivity contribution in [3.8, 4) is 0 Å². The number of nitrogens with zero attached hydrogens (tertiary/aromatic N) is 3. The standard InChI is InChI=1S/C23H29N3O2S/c1-18-5-4-6-19(15-18)22-16-25(23(27)17-29)9-10-26(22)21-8-3-2-7-20(21)24-11-13-28-14-12-24/h2-8,15,22,29H,9-14,16-17H2,1H3. The second-order valence-corrected chi connectivity index (χ2v) is 8.03. The molecule has 4 rings (SSSR count). The fourth-order valence-corrected chi connectivity index (χ4v) is 4.54. The monoisotopic (exact) mass is 411 g/mol. The van der Waals surface area contributed by atoms with Gasteiger partial charge in [0.1, 0.15) is 0 Å². The van der Waals surface area contributed by atoms with Crippen molar-refractivity contribution >= 4 is 29.9 Å². The van der Waals surface area contributed by atoms with Crippen LogP contribution in [0.25, 0.3) is 0 Å². The lowest BCUT2D eigenvalue weighted by Crippen LogP contribution is -2.51. The van der Waals surface area contributed by atoms with E-state index in [0.29, 0.717) is 6.54 Å². The van der Waals surface area contributed by atoms with Gasteiger partial charge in [0.25, 0.3) is 0 Å². The van der Waals surface area contributed by atoms with Gasteiger partial charge in [0.05, 0.1) is 36.4 Å². The predicted molar refractivity (Wildman–Crippen MR) is 121 cm³/mol. The second-order valence-electron chi connectivity index (χ2n) is 7.71. The average Bonchev–Trinajstić information content (AvgIpc) is 2.79. The molecule has 2 aromatic rings. The normalized spacial score (nSPS) is 20.1. The van der Waals surface area contributed by atoms with Gasteiger partial charge in [-0.3, -0.25) is 4.79 Å². The van der Waals surface area contributed by atoms with E-state index in [-0.39, 0.29) is 17.7 Å². The first-order valence-electron chi connectivity index (χ1n) is 10.3. The van der Waals surface area contributed by atoms with E-state index in [1.807, 2.05) is 4.90 Å². The highest BCUT2D eigenvalue weighted by Gasteiger charge is 2.32. The molecule has 2 fully saturated rings. The summed E-state index contributed by atoms with van der Waals surface area (Å²) in [7, 11) is 0. The summed E-state index contributed by atoms with van der Waals surface area (Å²) in [6, 6.07) is 17.4. The molecule has 29 heavy (non-hydrogen) atoms. The number of anilines is 2. The van der Waals surface area contributed by atoms with Gasteiger partial charge < -0.3 is 19.4 Å². The largest absolute Gasteiger partial charge is 0.378 e. The van der Waals surface area contributed by atoms with Gasteiger partial charge in [-0.25, -0.2) is 0 Å². The SMILES string of the molecule is Cc1cccc(C2CN(C(=O)CS)CCN2c2ccccc2N2CCOCC2)c1. The lowest BCUT2D eigenvalue weighted by molar-refractivity contribution is -0.129. The molecule has 0 spiro atoms. The number of thiol groups is 1. The molecule has 0 aromatic heterocycles. The number of carbonyl (C=O) groups is 1. The first kappa shape index (κ1) is 20.1. The molecule has 6 heteroatoms. The number of hydrogen-bond donors (Lipinski definition) is 1. The third kappa shape index (κ3) is 4.38. The average molecular weight is 412 g/mol. The van der Waals surface area contributed by atoms with E-state index in [1.54, 1.807) is 0 Å².